The molecule has 20 heavy (non-hydrogen) atoms. The highest BCUT2D eigenvalue weighted by Gasteiger charge is 2.04. The van der Waals surface area contributed by atoms with Crippen LogP contribution in [0.25, 0.3) is 32.7 Å². The van der Waals surface area contributed by atoms with Gasteiger partial charge >= 0.3 is 0 Å². The Labute approximate surface area is 118 Å². The molecule has 0 aliphatic rings. The van der Waals surface area contributed by atoms with E-state index in [2.05, 4.69) is 66.7 Å². The largest absolute Gasteiger partial charge is 0.0616 e. The van der Waals surface area contributed by atoms with Gasteiger partial charge in [0.15, 0.2) is 0 Å². The summed E-state index contributed by atoms with van der Waals surface area (Å²) in [6, 6.07) is 30.9. The maximum absolute atomic E-state index is 3.16. The summed E-state index contributed by atoms with van der Waals surface area (Å²) in [5, 5.41) is 5.15. The summed E-state index contributed by atoms with van der Waals surface area (Å²) in [4.78, 5) is 0. The number of hydrogen-bond donors (Lipinski definition) is 0. The third kappa shape index (κ3) is 1.78. The van der Waals surface area contributed by atoms with Crippen LogP contribution in [0.2, 0.25) is 0 Å². The lowest BCUT2D eigenvalue weighted by Gasteiger charge is -2.08. The Morgan fingerprint density at radius 2 is 1.45 bits per heavy atom. The van der Waals surface area contributed by atoms with Crippen molar-refractivity contribution in [1.29, 1.82) is 0 Å². The van der Waals surface area contributed by atoms with Gasteiger partial charge in [-0.3, -0.25) is 0 Å². The molecule has 0 saturated heterocycles. The molecule has 4 rings (SSSR count). The van der Waals surface area contributed by atoms with E-state index in [1.807, 2.05) is 18.2 Å². The Morgan fingerprint density at radius 3 is 2.25 bits per heavy atom. The van der Waals surface area contributed by atoms with Gasteiger partial charge in [-0.2, -0.15) is 0 Å². The summed E-state index contributed by atoms with van der Waals surface area (Å²) in [5.74, 6) is 0. The molecule has 93 valence electrons. The van der Waals surface area contributed by atoms with E-state index >= 15 is 0 Å². The van der Waals surface area contributed by atoms with E-state index in [9.17, 15) is 0 Å². The van der Waals surface area contributed by atoms with Crippen molar-refractivity contribution in [3.8, 4) is 11.1 Å². The highest BCUT2D eigenvalue weighted by Crippen LogP contribution is 2.31. The second kappa shape index (κ2) is 4.50. The first-order chi connectivity index (χ1) is 9.92. The molecule has 0 spiro atoms. The molecule has 0 heteroatoms. The molecule has 0 unspecified atom stereocenters. The Morgan fingerprint density at radius 1 is 0.650 bits per heavy atom. The lowest BCUT2D eigenvalue weighted by molar-refractivity contribution is 1.65. The van der Waals surface area contributed by atoms with Crippen LogP contribution < -0.4 is 0 Å². The van der Waals surface area contributed by atoms with E-state index < -0.39 is 0 Å². The van der Waals surface area contributed by atoms with Crippen molar-refractivity contribution in [2.24, 2.45) is 0 Å². The van der Waals surface area contributed by atoms with Crippen LogP contribution in [0, 0.1) is 6.07 Å². The zero-order valence-electron chi connectivity index (χ0n) is 11.0. The molecule has 0 N–H and O–H groups in total. The topological polar surface area (TPSA) is 0 Å². The molecule has 0 aliphatic carbocycles. The van der Waals surface area contributed by atoms with Crippen molar-refractivity contribution < 1.29 is 0 Å². The van der Waals surface area contributed by atoms with Crippen LogP contribution in [-0.4, -0.2) is 0 Å². The van der Waals surface area contributed by atoms with E-state index in [-0.39, 0.29) is 0 Å². The van der Waals surface area contributed by atoms with Crippen molar-refractivity contribution in [1.82, 2.24) is 0 Å². The number of benzene rings is 4. The standard InChI is InChI=1S/C20H13/c1-2-7-15(8-3-1)19-12-6-11-18-13-16-9-4-5-10-17(16)14-20(18)19/h1-2,4-14H. The van der Waals surface area contributed by atoms with Gasteiger partial charge in [0.05, 0.1) is 0 Å². The molecule has 0 heterocycles. The van der Waals surface area contributed by atoms with E-state index in [1.165, 1.54) is 32.7 Å². The lowest BCUT2D eigenvalue weighted by atomic mass is 9.96. The van der Waals surface area contributed by atoms with Gasteiger partial charge in [-0.15, -0.1) is 0 Å². The molecule has 0 atom stereocenters. The molecule has 0 aromatic heterocycles. The van der Waals surface area contributed by atoms with Gasteiger partial charge in [0, 0.05) is 0 Å². The Balaban J connectivity index is 2.09. The van der Waals surface area contributed by atoms with Gasteiger partial charge in [0.2, 0.25) is 0 Å². The molecular formula is C20H13. The van der Waals surface area contributed by atoms with Crippen LogP contribution in [-0.2, 0) is 0 Å². The second-order valence-corrected chi connectivity index (χ2v) is 5.02. The van der Waals surface area contributed by atoms with E-state index in [4.69, 9.17) is 0 Å². The summed E-state index contributed by atoms with van der Waals surface area (Å²) in [6.07, 6.45) is 0. The maximum atomic E-state index is 3.16. The molecule has 0 fully saturated rings. The van der Waals surface area contributed by atoms with Gasteiger partial charge in [-0.25, -0.2) is 0 Å². The lowest BCUT2D eigenvalue weighted by Crippen LogP contribution is -1.82. The highest BCUT2D eigenvalue weighted by atomic mass is 14.1. The van der Waals surface area contributed by atoms with Crippen LogP contribution in [0.1, 0.15) is 0 Å². The number of fused-ring (bicyclic) bond motifs is 2. The van der Waals surface area contributed by atoms with E-state index in [0.717, 1.165) is 0 Å². The van der Waals surface area contributed by atoms with Gasteiger partial charge in [0.1, 0.15) is 0 Å². The van der Waals surface area contributed by atoms with Gasteiger partial charge < -0.3 is 0 Å². The Hall–Kier alpha value is -2.60. The molecular weight excluding hydrogens is 240 g/mol. The minimum absolute atomic E-state index is 1.22. The minimum atomic E-state index is 1.22. The quantitative estimate of drug-likeness (QED) is 0.395. The van der Waals surface area contributed by atoms with Crippen molar-refractivity contribution in [2.45, 2.75) is 0 Å². The fraction of sp³-hybridized carbons (Fsp3) is 0. The van der Waals surface area contributed by atoms with Crippen molar-refractivity contribution in [2.75, 3.05) is 0 Å². The second-order valence-electron chi connectivity index (χ2n) is 5.02. The van der Waals surface area contributed by atoms with Crippen molar-refractivity contribution in [3.05, 3.63) is 84.9 Å². The Kier molecular flexibility index (Phi) is 2.53. The molecule has 1 radical (unpaired) electrons. The van der Waals surface area contributed by atoms with E-state index in [0.29, 0.717) is 0 Å². The molecule has 0 nitrogen and oxygen atoms in total. The third-order valence-corrected chi connectivity index (χ3v) is 3.76. The third-order valence-electron chi connectivity index (χ3n) is 3.76. The summed E-state index contributed by atoms with van der Waals surface area (Å²) in [5.41, 5.74) is 2.48. The van der Waals surface area contributed by atoms with Crippen LogP contribution in [0.3, 0.4) is 0 Å². The van der Waals surface area contributed by atoms with E-state index in [1.54, 1.807) is 0 Å². The van der Waals surface area contributed by atoms with Crippen LogP contribution in [0.5, 0.6) is 0 Å². The maximum Gasteiger partial charge on any atom is -0.00990 e. The summed E-state index contributed by atoms with van der Waals surface area (Å²) < 4.78 is 0. The fourth-order valence-electron chi connectivity index (χ4n) is 2.78. The summed E-state index contributed by atoms with van der Waals surface area (Å²) >= 11 is 0. The molecule has 4 aromatic carbocycles. The number of hydrogen-bond acceptors (Lipinski definition) is 0. The average Bonchev–Trinajstić information content (AvgIpc) is 2.53. The van der Waals surface area contributed by atoms with Crippen LogP contribution in [0.15, 0.2) is 78.9 Å². The van der Waals surface area contributed by atoms with Crippen molar-refractivity contribution >= 4 is 21.5 Å². The summed E-state index contributed by atoms with van der Waals surface area (Å²) in [7, 11) is 0. The average molecular weight is 253 g/mol. The SMILES string of the molecule is [c]1cccc(-c2cccc3cc4ccccc4cc23)c1. The first kappa shape index (κ1) is 11.2. The Bertz CT molecular complexity index is 889. The molecule has 0 aliphatic heterocycles. The molecule has 0 saturated carbocycles. The zero-order valence-corrected chi connectivity index (χ0v) is 11.0. The van der Waals surface area contributed by atoms with Gasteiger partial charge in [-0.1, -0.05) is 60.7 Å². The predicted molar refractivity (Wildman–Crippen MR) is 85.7 cm³/mol. The van der Waals surface area contributed by atoms with Crippen molar-refractivity contribution in [3.63, 3.8) is 0 Å². The predicted octanol–water partition coefficient (Wildman–Crippen LogP) is 5.46. The van der Waals surface area contributed by atoms with Gasteiger partial charge in [0.25, 0.3) is 0 Å². The molecule has 0 amide bonds. The smallest absolute Gasteiger partial charge is 0.00990 e. The summed E-state index contributed by atoms with van der Waals surface area (Å²) in [6.45, 7) is 0. The molecule has 4 aromatic rings. The number of rotatable bonds is 1. The normalized spacial score (nSPS) is 11.0. The first-order valence-corrected chi connectivity index (χ1v) is 6.80. The highest BCUT2D eigenvalue weighted by molar-refractivity contribution is 6.04. The van der Waals surface area contributed by atoms with Crippen LogP contribution >= 0.6 is 0 Å². The minimum Gasteiger partial charge on any atom is -0.0616 e. The zero-order chi connectivity index (χ0) is 13.4. The first-order valence-electron chi connectivity index (χ1n) is 6.80. The fourth-order valence-corrected chi connectivity index (χ4v) is 2.78. The van der Waals surface area contributed by atoms with Gasteiger partial charge in [-0.05, 0) is 56.9 Å². The van der Waals surface area contributed by atoms with Crippen LogP contribution in [0.4, 0.5) is 0 Å². The monoisotopic (exact) mass is 253 g/mol. The molecule has 0 bridgehead atoms.